The van der Waals surface area contributed by atoms with Gasteiger partial charge in [0.05, 0.1) is 0 Å². The number of hydrogen-bond donors (Lipinski definition) is 1. The van der Waals surface area contributed by atoms with Gasteiger partial charge in [0.1, 0.15) is 5.01 Å². The van der Waals surface area contributed by atoms with Crippen LogP contribution in [0.1, 0.15) is 11.9 Å². The molecule has 0 unspecified atom stereocenters. The third-order valence-corrected chi connectivity index (χ3v) is 3.49. The van der Waals surface area contributed by atoms with Crippen molar-refractivity contribution in [3.63, 3.8) is 0 Å². The number of rotatable bonds is 4. The molecular formula is C12H13N5S. The van der Waals surface area contributed by atoms with E-state index in [1.165, 1.54) is 0 Å². The molecule has 0 spiro atoms. The molecule has 0 aliphatic rings. The van der Waals surface area contributed by atoms with Crippen LogP contribution < -0.4 is 5.32 Å². The number of nitrogens with one attached hydrogen (secondary N) is 1. The van der Waals surface area contributed by atoms with Crippen LogP contribution in [0.5, 0.6) is 0 Å². The van der Waals surface area contributed by atoms with Gasteiger partial charge in [-0.3, -0.25) is 0 Å². The minimum absolute atomic E-state index is 0.777. The molecule has 0 atom stereocenters. The van der Waals surface area contributed by atoms with E-state index in [0.717, 1.165) is 34.4 Å². The zero-order chi connectivity index (χ0) is 12.4. The van der Waals surface area contributed by atoms with Crippen LogP contribution in [-0.4, -0.2) is 26.4 Å². The van der Waals surface area contributed by atoms with Gasteiger partial charge in [0.2, 0.25) is 4.96 Å². The van der Waals surface area contributed by atoms with Gasteiger partial charge in [0.15, 0.2) is 5.82 Å². The number of aromatic nitrogens is 4. The summed E-state index contributed by atoms with van der Waals surface area (Å²) in [4.78, 5) is 0.835. The highest BCUT2D eigenvalue weighted by molar-refractivity contribution is 7.16. The third kappa shape index (κ3) is 2.00. The lowest BCUT2D eigenvalue weighted by molar-refractivity contribution is 0.709. The Morgan fingerprint density at radius 3 is 2.83 bits per heavy atom. The number of benzene rings is 1. The van der Waals surface area contributed by atoms with E-state index in [0.29, 0.717) is 0 Å². The van der Waals surface area contributed by atoms with Gasteiger partial charge in [0.25, 0.3) is 0 Å². The first kappa shape index (κ1) is 11.3. The molecule has 3 rings (SSSR count). The van der Waals surface area contributed by atoms with E-state index in [1.807, 2.05) is 34.8 Å². The predicted octanol–water partition coefficient (Wildman–Crippen LogP) is 1.96. The van der Waals surface area contributed by atoms with Crippen LogP contribution >= 0.6 is 11.3 Å². The molecule has 2 heterocycles. The molecule has 3 aromatic rings. The fourth-order valence-electron chi connectivity index (χ4n) is 1.73. The summed E-state index contributed by atoms with van der Waals surface area (Å²) in [5.74, 6) is 0.796. The fourth-order valence-corrected chi connectivity index (χ4v) is 2.53. The lowest BCUT2D eigenvalue weighted by atomic mass is 10.2. The Balaban J connectivity index is 2.01. The van der Waals surface area contributed by atoms with Gasteiger partial charge in [-0.2, -0.15) is 9.61 Å². The summed E-state index contributed by atoms with van der Waals surface area (Å²) in [6, 6.07) is 9.99. The predicted molar refractivity (Wildman–Crippen MR) is 71.5 cm³/mol. The van der Waals surface area contributed by atoms with Crippen molar-refractivity contribution >= 4 is 16.3 Å². The van der Waals surface area contributed by atoms with Crippen LogP contribution in [0.25, 0.3) is 16.3 Å². The lowest BCUT2D eigenvalue weighted by Gasteiger charge is -1.96. The highest BCUT2D eigenvalue weighted by atomic mass is 32.1. The molecule has 18 heavy (non-hydrogen) atoms. The van der Waals surface area contributed by atoms with Crippen LogP contribution in [0.15, 0.2) is 30.3 Å². The van der Waals surface area contributed by atoms with Crippen LogP contribution in [0, 0.1) is 0 Å². The minimum atomic E-state index is 0.777. The molecule has 0 saturated carbocycles. The van der Waals surface area contributed by atoms with Crippen molar-refractivity contribution in [2.45, 2.75) is 13.5 Å². The average molecular weight is 259 g/mol. The van der Waals surface area contributed by atoms with Crippen molar-refractivity contribution in [3.05, 3.63) is 35.3 Å². The highest BCUT2D eigenvalue weighted by Crippen LogP contribution is 2.20. The van der Waals surface area contributed by atoms with Crippen LogP contribution in [0.2, 0.25) is 0 Å². The van der Waals surface area contributed by atoms with E-state index in [1.54, 1.807) is 11.3 Å². The number of hydrogen-bond acceptors (Lipinski definition) is 5. The maximum Gasteiger partial charge on any atom is 0.235 e. The Morgan fingerprint density at radius 2 is 2.06 bits per heavy atom. The monoisotopic (exact) mass is 259 g/mol. The molecule has 2 aromatic heterocycles. The van der Waals surface area contributed by atoms with Gasteiger partial charge in [-0.05, 0) is 6.54 Å². The first-order chi connectivity index (χ1) is 8.88. The van der Waals surface area contributed by atoms with Gasteiger partial charge >= 0.3 is 0 Å². The fraction of sp³-hybridized carbons (Fsp3) is 0.250. The molecule has 0 bridgehead atoms. The Labute approximate surface area is 108 Å². The maximum atomic E-state index is 4.53. The van der Waals surface area contributed by atoms with Crippen molar-refractivity contribution in [2.75, 3.05) is 6.54 Å². The van der Waals surface area contributed by atoms with Crippen LogP contribution in [0.4, 0.5) is 0 Å². The topological polar surface area (TPSA) is 55.1 Å². The van der Waals surface area contributed by atoms with Gasteiger partial charge in [-0.25, -0.2) is 0 Å². The van der Waals surface area contributed by atoms with Crippen molar-refractivity contribution in [2.24, 2.45) is 0 Å². The molecule has 0 aliphatic heterocycles. The Morgan fingerprint density at radius 1 is 1.22 bits per heavy atom. The molecule has 5 nitrogen and oxygen atoms in total. The molecule has 0 saturated heterocycles. The second-order valence-electron chi connectivity index (χ2n) is 3.86. The van der Waals surface area contributed by atoms with E-state index in [2.05, 4.69) is 27.5 Å². The summed E-state index contributed by atoms with van der Waals surface area (Å²) in [5.41, 5.74) is 1.03. The summed E-state index contributed by atoms with van der Waals surface area (Å²) in [7, 11) is 0. The van der Waals surface area contributed by atoms with Crippen LogP contribution in [0.3, 0.4) is 0 Å². The van der Waals surface area contributed by atoms with E-state index in [4.69, 9.17) is 0 Å². The minimum Gasteiger partial charge on any atom is -0.311 e. The molecule has 6 heteroatoms. The zero-order valence-electron chi connectivity index (χ0n) is 10.00. The number of nitrogens with zero attached hydrogens (tertiary/aromatic N) is 4. The summed E-state index contributed by atoms with van der Waals surface area (Å²) >= 11 is 1.57. The summed E-state index contributed by atoms with van der Waals surface area (Å²) in [6.45, 7) is 3.79. The Hall–Kier alpha value is -1.79. The van der Waals surface area contributed by atoms with E-state index in [9.17, 15) is 0 Å². The Kier molecular flexibility index (Phi) is 3.04. The molecular weight excluding hydrogens is 246 g/mol. The van der Waals surface area contributed by atoms with Crippen molar-refractivity contribution in [1.82, 2.24) is 25.1 Å². The zero-order valence-corrected chi connectivity index (χ0v) is 10.8. The van der Waals surface area contributed by atoms with Crippen molar-refractivity contribution in [1.29, 1.82) is 0 Å². The van der Waals surface area contributed by atoms with Gasteiger partial charge in [-0.15, -0.1) is 10.2 Å². The average Bonchev–Trinajstić information content (AvgIpc) is 2.96. The third-order valence-electron chi connectivity index (χ3n) is 2.59. The van der Waals surface area contributed by atoms with Crippen LogP contribution in [-0.2, 0) is 6.54 Å². The second-order valence-corrected chi connectivity index (χ2v) is 4.90. The molecule has 1 aromatic carbocycles. The largest absolute Gasteiger partial charge is 0.311 e. The second kappa shape index (κ2) is 4.83. The van der Waals surface area contributed by atoms with Crippen molar-refractivity contribution < 1.29 is 0 Å². The maximum absolute atomic E-state index is 4.53. The molecule has 1 N–H and O–H groups in total. The quantitative estimate of drug-likeness (QED) is 0.778. The number of fused-ring (bicyclic) bond motifs is 1. The van der Waals surface area contributed by atoms with Crippen molar-refractivity contribution in [3.8, 4) is 11.4 Å². The molecule has 0 fully saturated rings. The first-order valence-corrected chi connectivity index (χ1v) is 6.67. The summed E-state index contributed by atoms with van der Waals surface area (Å²) in [6.07, 6.45) is 0. The van der Waals surface area contributed by atoms with Gasteiger partial charge in [-0.1, -0.05) is 48.6 Å². The standard InChI is InChI=1S/C12H13N5S/c1-2-13-8-10-16-17-11(14-15-12(17)18-10)9-6-4-3-5-7-9/h3-7,13H,2,8H2,1H3. The van der Waals surface area contributed by atoms with E-state index >= 15 is 0 Å². The first-order valence-electron chi connectivity index (χ1n) is 5.85. The molecule has 0 amide bonds. The normalized spacial score (nSPS) is 11.2. The SMILES string of the molecule is CCNCc1nn2c(-c3ccccc3)nnc2s1. The van der Waals surface area contributed by atoms with E-state index in [-0.39, 0.29) is 0 Å². The molecule has 0 aliphatic carbocycles. The highest BCUT2D eigenvalue weighted by Gasteiger charge is 2.12. The lowest BCUT2D eigenvalue weighted by Crippen LogP contribution is -2.11. The smallest absolute Gasteiger partial charge is 0.235 e. The summed E-state index contributed by atoms with van der Waals surface area (Å²) < 4.78 is 1.81. The van der Waals surface area contributed by atoms with E-state index < -0.39 is 0 Å². The molecule has 92 valence electrons. The summed E-state index contributed by atoms with van der Waals surface area (Å²) in [5, 5.41) is 17.2. The molecule has 0 radical (unpaired) electrons. The van der Waals surface area contributed by atoms with Gasteiger partial charge in [0, 0.05) is 12.1 Å². The van der Waals surface area contributed by atoms with Gasteiger partial charge < -0.3 is 5.32 Å². The Bertz CT molecular complexity index is 643.